The fourth-order valence-electron chi connectivity index (χ4n) is 4.91. The van der Waals surface area contributed by atoms with Gasteiger partial charge in [0.2, 0.25) is 0 Å². The van der Waals surface area contributed by atoms with Gasteiger partial charge in [-0.2, -0.15) is 0 Å². The predicted octanol–water partition coefficient (Wildman–Crippen LogP) is 7.93. The minimum atomic E-state index is -0.897. The van der Waals surface area contributed by atoms with Crippen molar-refractivity contribution in [2.75, 3.05) is 13.2 Å². The highest BCUT2D eigenvalue weighted by molar-refractivity contribution is 9.10. The van der Waals surface area contributed by atoms with Gasteiger partial charge in [0.1, 0.15) is 12.6 Å². The van der Waals surface area contributed by atoms with E-state index in [0.29, 0.717) is 30.9 Å². The maximum absolute atomic E-state index is 11.7. The summed E-state index contributed by atoms with van der Waals surface area (Å²) in [6.45, 7) is 8.57. The van der Waals surface area contributed by atoms with Gasteiger partial charge in [-0.15, -0.1) is 0 Å². The molecule has 3 heterocycles. The Bertz CT molecular complexity index is 940. The molecule has 7 nitrogen and oxygen atoms in total. The first kappa shape index (κ1) is 27.9. The highest BCUT2D eigenvalue weighted by atomic mass is 79.9. The van der Waals surface area contributed by atoms with E-state index in [1.165, 1.54) is 62.7 Å². The van der Waals surface area contributed by atoms with Crippen molar-refractivity contribution in [3.63, 3.8) is 0 Å². The highest BCUT2D eigenvalue weighted by Gasteiger charge is 2.34. The molecule has 1 saturated heterocycles. The molecular formula is C27H43BrN4O3. The Balaban J connectivity index is 1.39. The van der Waals surface area contributed by atoms with Crippen LogP contribution < -0.4 is 0 Å². The van der Waals surface area contributed by atoms with Crippen LogP contribution in [0.4, 0.5) is 4.79 Å². The maximum Gasteiger partial charge on any atom is 0.407 e. The number of nitrogens with zero attached hydrogens (tertiary/aromatic N) is 4. The van der Waals surface area contributed by atoms with E-state index in [4.69, 9.17) is 9.72 Å². The van der Waals surface area contributed by atoms with Crippen molar-refractivity contribution in [2.45, 2.75) is 111 Å². The van der Waals surface area contributed by atoms with Crippen molar-refractivity contribution in [1.82, 2.24) is 19.4 Å². The molecule has 8 heteroatoms. The molecule has 0 spiro atoms. The number of carbonyl (C=O) groups is 1. The molecule has 0 radical (unpaired) electrons. The van der Waals surface area contributed by atoms with Gasteiger partial charge in [0.25, 0.3) is 0 Å². The van der Waals surface area contributed by atoms with Crippen molar-refractivity contribution in [3.8, 4) is 0 Å². The Hall–Kier alpha value is -1.67. The number of unbranched alkanes of at least 4 members (excludes halogenated alkanes) is 8. The van der Waals surface area contributed by atoms with Gasteiger partial charge in [-0.25, -0.2) is 14.8 Å². The standard InChI is InChI=1S/C27H43BrN4O3/c1-27(2,3)15-11-9-7-5-4-6-8-10-12-17-35-20-32-23-18-21(28)19-29-24(23)30-25(32)22-14-13-16-31(22)26(33)34/h18-19,22H,4-17,20H2,1-3H3,(H,33,34)/t22-/m0/s1. The summed E-state index contributed by atoms with van der Waals surface area (Å²) in [6, 6.07) is 1.73. The third kappa shape index (κ3) is 8.74. The van der Waals surface area contributed by atoms with Crippen molar-refractivity contribution in [3.05, 3.63) is 22.6 Å². The first-order valence-corrected chi connectivity index (χ1v) is 14.1. The van der Waals surface area contributed by atoms with Gasteiger partial charge in [-0.1, -0.05) is 72.1 Å². The lowest BCUT2D eigenvalue weighted by Crippen LogP contribution is -2.30. The van der Waals surface area contributed by atoms with Gasteiger partial charge in [-0.05, 0) is 53.1 Å². The van der Waals surface area contributed by atoms with Gasteiger partial charge >= 0.3 is 6.09 Å². The number of aromatic nitrogens is 3. The molecule has 0 saturated carbocycles. The second-order valence-electron chi connectivity index (χ2n) is 11.1. The Morgan fingerprint density at radius 2 is 1.77 bits per heavy atom. The summed E-state index contributed by atoms with van der Waals surface area (Å²) in [5.41, 5.74) is 1.97. The zero-order valence-corrected chi connectivity index (χ0v) is 23.4. The molecule has 196 valence electrons. The zero-order valence-electron chi connectivity index (χ0n) is 21.8. The van der Waals surface area contributed by atoms with Crippen LogP contribution in [0.2, 0.25) is 0 Å². The number of pyridine rings is 1. The summed E-state index contributed by atoms with van der Waals surface area (Å²) in [5, 5.41) is 9.61. The number of likely N-dealkylation sites (tertiary alicyclic amines) is 1. The molecule has 2 aromatic rings. The van der Waals surface area contributed by atoms with E-state index < -0.39 is 6.09 Å². The fourth-order valence-corrected chi connectivity index (χ4v) is 5.22. The second-order valence-corrected chi connectivity index (χ2v) is 12.0. The number of rotatable bonds is 14. The van der Waals surface area contributed by atoms with E-state index in [1.807, 2.05) is 10.6 Å². The minimum Gasteiger partial charge on any atom is -0.465 e. The summed E-state index contributed by atoms with van der Waals surface area (Å²) in [7, 11) is 0. The van der Waals surface area contributed by atoms with E-state index in [-0.39, 0.29) is 6.04 Å². The van der Waals surface area contributed by atoms with Crippen LogP contribution in [0.1, 0.15) is 110 Å². The van der Waals surface area contributed by atoms with Crippen molar-refractivity contribution in [1.29, 1.82) is 0 Å². The Labute approximate surface area is 218 Å². The SMILES string of the molecule is CC(C)(C)CCCCCCCCCCCOCn1c([C@@H]2CCCN2C(=O)O)nc2ncc(Br)cc21. The van der Waals surface area contributed by atoms with Crippen molar-refractivity contribution in [2.24, 2.45) is 5.41 Å². The smallest absolute Gasteiger partial charge is 0.407 e. The number of halogens is 1. The second kappa shape index (κ2) is 13.6. The molecule has 0 bridgehead atoms. The molecule has 3 rings (SSSR count). The lowest BCUT2D eigenvalue weighted by Gasteiger charge is -2.22. The van der Waals surface area contributed by atoms with Crippen LogP contribution in [-0.2, 0) is 11.5 Å². The number of amides is 1. The maximum atomic E-state index is 11.7. The van der Waals surface area contributed by atoms with Gasteiger partial charge < -0.3 is 14.4 Å². The molecule has 1 fully saturated rings. The van der Waals surface area contributed by atoms with E-state index >= 15 is 0 Å². The molecule has 1 atom stereocenters. The van der Waals surface area contributed by atoms with Gasteiger partial charge in [0.15, 0.2) is 5.65 Å². The molecule has 1 aliphatic heterocycles. The predicted molar refractivity (Wildman–Crippen MR) is 144 cm³/mol. The van der Waals surface area contributed by atoms with Crippen LogP contribution in [0.5, 0.6) is 0 Å². The van der Waals surface area contributed by atoms with Gasteiger partial charge in [0, 0.05) is 23.8 Å². The number of hydrogen-bond acceptors (Lipinski definition) is 4. The van der Waals surface area contributed by atoms with Crippen LogP contribution in [0, 0.1) is 5.41 Å². The summed E-state index contributed by atoms with van der Waals surface area (Å²) in [6.07, 6.45) is 15.3. The summed E-state index contributed by atoms with van der Waals surface area (Å²) in [4.78, 5) is 22.3. The average Bonchev–Trinajstić information content (AvgIpc) is 3.41. The van der Waals surface area contributed by atoms with Crippen LogP contribution in [0.25, 0.3) is 11.2 Å². The Kier molecular flexibility index (Phi) is 10.8. The molecular weight excluding hydrogens is 508 g/mol. The molecule has 1 amide bonds. The summed E-state index contributed by atoms with van der Waals surface area (Å²) >= 11 is 3.49. The molecule has 0 unspecified atom stereocenters. The minimum absolute atomic E-state index is 0.252. The fraction of sp³-hybridized carbons (Fsp3) is 0.741. The van der Waals surface area contributed by atoms with Crippen LogP contribution in [0.15, 0.2) is 16.7 Å². The van der Waals surface area contributed by atoms with Gasteiger partial charge in [0.05, 0.1) is 11.6 Å². The number of carboxylic acid groups (broad SMARTS) is 1. The average molecular weight is 552 g/mol. The number of ether oxygens (including phenoxy) is 1. The van der Waals surface area contributed by atoms with E-state index in [1.54, 1.807) is 6.20 Å². The number of fused-ring (bicyclic) bond motifs is 1. The van der Waals surface area contributed by atoms with Crippen molar-refractivity contribution >= 4 is 33.2 Å². The molecule has 1 aliphatic rings. The molecule has 2 aromatic heterocycles. The van der Waals surface area contributed by atoms with Crippen molar-refractivity contribution < 1.29 is 14.6 Å². The van der Waals surface area contributed by atoms with Crippen LogP contribution >= 0.6 is 15.9 Å². The summed E-state index contributed by atoms with van der Waals surface area (Å²) in [5.74, 6) is 0.730. The van der Waals surface area contributed by atoms with Crippen LogP contribution in [-0.4, -0.2) is 43.8 Å². The molecule has 0 aromatic carbocycles. The first-order chi connectivity index (χ1) is 16.8. The molecule has 1 N–H and O–H groups in total. The largest absolute Gasteiger partial charge is 0.465 e. The Morgan fingerprint density at radius 3 is 2.43 bits per heavy atom. The third-order valence-electron chi connectivity index (χ3n) is 6.83. The topological polar surface area (TPSA) is 80.5 Å². The first-order valence-electron chi connectivity index (χ1n) is 13.4. The zero-order chi connectivity index (χ0) is 25.3. The van der Waals surface area contributed by atoms with Crippen LogP contribution in [0.3, 0.4) is 0 Å². The van der Waals surface area contributed by atoms with Gasteiger partial charge in [-0.3, -0.25) is 4.90 Å². The van der Waals surface area contributed by atoms with E-state index in [0.717, 1.165) is 35.1 Å². The van der Waals surface area contributed by atoms with E-state index in [9.17, 15) is 9.90 Å². The lowest BCUT2D eigenvalue weighted by atomic mass is 9.89. The highest BCUT2D eigenvalue weighted by Crippen LogP contribution is 2.33. The Morgan fingerprint density at radius 1 is 1.11 bits per heavy atom. The van der Waals surface area contributed by atoms with E-state index in [2.05, 4.69) is 41.7 Å². The lowest BCUT2D eigenvalue weighted by molar-refractivity contribution is 0.0709. The third-order valence-corrected chi connectivity index (χ3v) is 7.27. The quantitative estimate of drug-likeness (QED) is 0.241. The molecule has 0 aliphatic carbocycles. The normalized spacial score (nSPS) is 16.5. The molecule has 35 heavy (non-hydrogen) atoms. The number of hydrogen-bond donors (Lipinski definition) is 1. The number of imidazole rings is 1. The summed E-state index contributed by atoms with van der Waals surface area (Å²) < 4.78 is 8.90. The monoisotopic (exact) mass is 550 g/mol.